The summed E-state index contributed by atoms with van der Waals surface area (Å²) in [5.74, 6) is 1.33. The number of benzene rings is 1. The van der Waals surface area contributed by atoms with Gasteiger partial charge in [-0.2, -0.15) is 0 Å². The normalized spacial score (nSPS) is 26.0. The van der Waals surface area contributed by atoms with E-state index in [0.717, 1.165) is 44.6 Å². The molecule has 0 radical (unpaired) electrons. The number of hydrogen-bond acceptors (Lipinski definition) is 4. The number of nitrogens with zero attached hydrogens (tertiary/aromatic N) is 4. The van der Waals surface area contributed by atoms with Gasteiger partial charge in [-0.25, -0.2) is 0 Å². The third kappa shape index (κ3) is 2.72. The molecule has 2 aromatic rings. The lowest BCUT2D eigenvalue weighted by Crippen LogP contribution is -2.50. The fourth-order valence-electron chi connectivity index (χ4n) is 4.65. The Bertz CT molecular complexity index is 819. The minimum Gasteiger partial charge on any atom is -0.331 e. The minimum atomic E-state index is 0.0256. The van der Waals surface area contributed by atoms with E-state index in [1.165, 1.54) is 11.1 Å². The van der Waals surface area contributed by atoms with E-state index in [0.29, 0.717) is 12.4 Å². The molecule has 1 amide bonds. The molecule has 2 heterocycles. The average Bonchev–Trinajstić information content (AvgIpc) is 3.04. The summed E-state index contributed by atoms with van der Waals surface area (Å²) >= 11 is 0. The molecule has 1 aromatic carbocycles. The molecule has 138 valence electrons. The fourth-order valence-corrected chi connectivity index (χ4v) is 4.65. The predicted molar refractivity (Wildman–Crippen MR) is 100.0 cm³/mol. The van der Waals surface area contributed by atoms with Crippen LogP contribution in [-0.2, 0) is 12.0 Å². The van der Waals surface area contributed by atoms with Gasteiger partial charge in [0.15, 0.2) is 0 Å². The summed E-state index contributed by atoms with van der Waals surface area (Å²) in [7, 11) is 0. The predicted octanol–water partition coefficient (Wildman–Crippen LogP) is 2.19. The monoisotopic (exact) mass is 353 g/mol. The van der Waals surface area contributed by atoms with E-state index in [-0.39, 0.29) is 17.4 Å². The van der Waals surface area contributed by atoms with Crippen LogP contribution in [-0.4, -0.2) is 44.7 Å². The van der Waals surface area contributed by atoms with Crippen LogP contribution in [0.3, 0.4) is 0 Å². The first-order valence-corrected chi connectivity index (χ1v) is 9.52. The highest BCUT2D eigenvalue weighted by Gasteiger charge is 2.40. The molecular formula is C20H27N5O. The van der Waals surface area contributed by atoms with Crippen LogP contribution in [0.15, 0.2) is 24.3 Å². The molecule has 1 aliphatic carbocycles. The SMILES string of the molecule is Cc1cccc([C@]2(CN)CC[C@@H](N3CCn4c(C)nnc4C3=O)CC2)c1. The highest BCUT2D eigenvalue weighted by Crippen LogP contribution is 2.40. The zero-order valence-corrected chi connectivity index (χ0v) is 15.6. The summed E-state index contributed by atoms with van der Waals surface area (Å²) in [6.45, 7) is 6.22. The van der Waals surface area contributed by atoms with E-state index in [4.69, 9.17) is 5.73 Å². The third-order valence-corrected chi connectivity index (χ3v) is 6.33. The molecule has 2 aliphatic rings. The molecule has 0 atom stereocenters. The van der Waals surface area contributed by atoms with Crippen LogP contribution >= 0.6 is 0 Å². The van der Waals surface area contributed by atoms with Crippen molar-refractivity contribution in [2.75, 3.05) is 13.1 Å². The van der Waals surface area contributed by atoms with Crippen LogP contribution in [0.25, 0.3) is 0 Å². The van der Waals surface area contributed by atoms with Crippen molar-refractivity contribution in [3.05, 3.63) is 47.0 Å². The lowest BCUT2D eigenvalue weighted by atomic mass is 9.67. The van der Waals surface area contributed by atoms with E-state index in [9.17, 15) is 4.79 Å². The molecule has 0 spiro atoms. The lowest BCUT2D eigenvalue weighted by Gasteiger charge is -2.44. The van der Waals surface area contributed by atoms with Crippen LogP contribution in [0.5, 0.6) is 0 Å². The average molecular weight is 353 g/mol. The minimum absolute atomic E-state index is 0.0256. The number of carbonyl (C=O) groups excluding carboxylic acids is 1. The summed E-state index contributed by atoms with van der Waals surface area (Å²) < 4.78 is 1.93. The second kappa shape index (κ2) is 6.50. The first-order valence-electron chi connectivity index (χ1n) is 9.52. The second-order valence-corrected chi connectivity index (χ2v) is 7.81. The maximum Gasteiger partial charge on any atom is 0.292 e. The van der Waals surface area contributed by atoms with Crippen LogP contribution in [0.4, 0.5) is 0 Å². The molecule has 2 N–H and O–H groups in total. The van der Waals surface area contributed by atoms with E-state index in [2.05, 4.69) is 41.4 Å². The van der Waals surface area contributed by atoms with Crippen LogP contribution in [0.1, 0.15) is 53.3 Å². The maximum atomic E-state index is 12.9. The molecule has 6 nitrogen and oxygen atoms in total. The number of nitrogens with two attached hydrogens (primary N) is 1. The Balaban J connectivity index is 1.51. The Morgan fingerprint density at radius 3 is 2.65 bits per heavy atom. The maximum absolute atomic E-state index is 12.9. The van der Waals surface area contributed by atoms with Gasteiger partial charge in [-0.05, 0) is 45.1 Å². The number of aromatic nitrogens is 3. The van der Waals surface area contributed by atoms with Crippen molar-refractivity contribution in [3.63, 3.8) is 0 Å². The quantitative estimate of drug-likeness (QED) is 0.918. The Hall–Kier alpha value is -2.21. The summed E-state index contributed by atoms with van der Waals surface area (Å²) in [6.07, 6.45) is 4.02. The zero-order valence-electron chi connectivity index (χ0n) is 15.6. The van der Waals surface area contributed by atoms with Gasteiger partial charge >= 0.3 is 0 Å². The van der Waals surface area contributed by atoms with Crippen molar-refractivity contribution in [2.45, 2.75) is 57.5 Å². The number of aryl methyl sites for hydroxylation is 2. The van der Waals surface area contributed by atoms with Crippen molar-refractivity contribution < 1.29 is 4.79 Å². The van der Waals surface area contributed by atoms with Crippen molar-refractivity contribution in [3.8, 4) is 0 Å². The Kier molecular flexibility index (Phi) is 4.31. The molecule has 1 aromatic heterocycles. The van der Waals surface area contributed by atoms with Crippen molar-refractivity contribution in [2.24, 2.45) is 5.73 Å². The largest absolute Gasteiger partial charge is 0.331 e. The van der Waals surface area contributed by atoms with Gasteiger partial charge in [0.05, 0.1) is 0 Å². The van der Waals surface area contributed by atoms with E-state index < -0.39 is 0 Å². The Labute approximate surface area is 154 Å². The van der Waals surface area contributed by atoms with Gasteiger partial charge in [0.2, 0.25) is 5.82 Å². The molecule has 1 fully saturated rings. The number of rotatable bonds is 3. The van der Waals surface area contributed by atoms with E-state index in [1.54, 1.807) is 0 Å². The van der Waals surface area contributed by atoms with Crippen LogP contribution < -0.4 is 5.73 Å². The number of fused-ring (bicyclic) bond motifs is 1. The van der Waals surface area contributed by atoms with Gasteiger partial charge in [0, 0.05) is 31.1 Å². The molecule has 6 heteroatoms. The van der Waals surface area contributed by atoms with Gasteiger partial charge in [-0.15, -0.1) is 10.2 Å². The van der Waals surface area contributed by atoms with Crippen molar-refractivity contribution in [1.29, 1.82) is 0 Å². The summed E-state index contributed by atoms with van der Waals surface area (Å²) in [5, 5.41) is 8.15. The number of amides is 1. The first kappa shape index (κ1) is 17.2. The highest BCUT2D eigenvalue weighted by molar-refractivity contribution is 5.91. The fraction of sp³-hybridized carbons (Fsp3) is 0.550. The van der Waals surface area contributed by atoms with Gasteiger partial charge in [0.25, 0.3) is 5.91 Å². The molecule has 1 saturated carbocycles. The van der Waals surface area contributed by atoms with Gasteiger partial charge < -0.3 is 15.2 Å². The molecule has 0 unspecified atom stereocenters. The smallest absolute Gasteiger partial charge is 0.292 e. The summed E-state index contributed by atoms with van der Waals surface area (Å²) in [5.41, 5.74) is 8.90. The molecule has 1 aliphatic heterocycles. The first-order chi connectivity index (χ1) is 12.5. The Morgan fingerprint density at radius 1 is 1.19 bits per heavy atom. The van der Waals surface area contributed by atoms with Crippen LogP contribution in [0.2, 0.25) is 0 Å². The highest BCUT2D eigenvalue weighted by atomic mass is 16.2. The molecular weight excluding hydrogens is 326 g/mol. The molecule has 26 heavy (non-hydrogen) atoms. The lowest BCUT2D eigenvalue weighted by molar-refractivity contribution is 0.0521. The molecule has 4 rings (SSSR count). The summed E-state index contributed by atoms with van der Waals surface area (Å²) in [6, 6.07) is 9.00. The Morgan fingerprint density at radius 2 is 1.96 bits per heavy atom. The third-order valence-electron chi connectivity index (χ3n) is 6.33. The van der Waals surface area contributed by atoms with Gasteiger partial charge in [0.1, 0.15) is 5.82 Å². The summed E-state index contributed by atoms with van der Waals surface area (Å²) in [4.78, 5) is 14.9. The van der Waals surface area contributed by atoms with Gasteiger partial charge in [-0.3, -0.25) is 4.79 Å². The van der Waals surface area contributed by atoms with E-state index in [1.807, 2.05) is 16.4 Å². The molecule has 0 bridgehead atoms. The number of hydrogen-bond donors (Lipinski definition) is 1. The molecule has 0 saturated heterocycles. The van der Waals surface area contributed by atoms with Crippen molar-refractivity contribution >= 4 is 5.91 Å². The van der Waals surface area contributed by atoms with Crippen molar-refractivity contribution in [1.82, 2.24) is 19.7 Å². The topological polar surface area (TPSA) is 77.0 Å². The van der Waals surface area contributed by atoms with E-state index >= 15 is 0 Å². The standard InChI is InChI=1S/C20H27N5O/c1-14-4-3-5-16(12-14)20(13-21)8-6-17(7-9-20)25-11-10-24-15(2)22-23-18(24)19(25)26/h3-5,12,17H,6-11,13,21H2,1-2H3/t17-,20-. The number of carbonyl (C=O) groups is 1. The van der Waals surface area contributed by atoms with Crippen LogP contribution in [0, 0.1) is 13.8 Å². The zero-order chi connectivity index (χ0) is 18.3. The van der Waals surface area contributed by atoms with Gasteiger partial charge in [-0.1, -0.05) is 29.8 Å². The second-order valence-electron chi connectivity index (χ2n) is 7.81.